The molecule has 1 fully saturated rings. The van der Waals surface area contributed by atoms with Gasteiger partial charge < -0.3 is 10.6 Å². The molecule has 2 atom stereocenters. The molecule has 3 aromatic rings. The van der Waals surface area contributed by atoms with E-state index in [1.807, 2.05) is 31.2 Å². The zero-order chi connectivity index (χ0) is 24.7. The van der Waals surface area contributed by atoms with Gasteiger partial charge in [0.1, 0.15) is 12.1 Å². The molecule has 2 aliphatic rings. The first-order valence-corrected chi connectivity index (χ1v) is 11.9. The summed E-state index contributed by atoms with van der Waals surface area (Å²) in [7, 11) is 1.65. The Labute approximate surface area is 202 Å². The maximum absolute atomic E-state index is 13.8. The minimum absolute atomic E-state index is 0.0289. The number of hydrogen-bond donors (Lipinski definition) is 2. The largest absolute Gasteiger partial charge is 0.333 e. The fourth-order valence-electron chi connectivity index (χ4n) is 4.96. The Kier molecular flexibility index (Phi) is 5.96. The summed E-state index contributed by atoms with van der Waals surface area (Å²) in [4.78, 5) is 42.6. The lowest BCUT2D eigenvalue weighted by atomic mass is 10.1. The van der Waals surface area contributed by atoms with E-state index in [4.69, 9.17) is 10.7 Å². The molecule has 180 valence electrons. The summed E-state index contributed by atoms with van der Waals surface area (Å²) in [5, 5.41) is 0.997. The van der Waals surface area contributed by atoms with Crippen LogP contribution in [0.2, 0.25) is 0 Å². The summed E-state index contributed by atoms with van der Waals surface area (Å²) in [6, 6.07) is 7.88. The summed E-state index contributed by atoms with van der Waals surface area (Å²) < 4.78 is 2.67. The maximum atomic E-state index is 13.8. The van der Waals surface area contributed by atoms with Gasteiger partial charge in [-0.15, -0.1) is 5.92 Å². The van der Waals surface area contributed by atoms with Crippen LogP contribution in [0.4, 0.5) is 11.5 Å². The molecule has 0 bridgehead atoms. The molecule has 2 aromatic heterocycles. The zero-order valence-corrected chi connectivity index (χ0v) is 20.3. The number of quaternary nitrogens is 1. The van der Waals surface area contributed by atoms with E-state index in [2.05, 4.69) is 26.7 Å². The number of nitrogens with zero attached hydrogens (tertiary/aromatic N) is 5. The number of aromatic nitrogens is 4. The fourth-order valence-corrected chi connectivity index (χ4v) is 4.96. The Morgan fingerprint density at radius 3 is 2.86 bits per heavy atom. The van der Waals surface area contributed by atoms with Crippen LogP contribution in [0.1, 0.15) is 31.3 Å². The third-order valence-electron chi connectivity index (χ3n) is 6.71. The summed E-state index contributed by atoms with van der Waals surface area (Å²) >= 11 is 0. The number of benzene rings is 1. The molecule has 5 rings (SSSR count). The molecule has 1 aromatic carbocycles. The first-order chi connectivity index (χ1) is 16.9. The molecule has 0 spiro atoms. The van der Waals surface area contributed by atoms with Gasteiger partial charge in [0.2, 0.25) is 11.5 Å². The van der Waals surface area contributed by atoms with Gasteiger partial charge >= 0.3 is 23.0 Å². The van der Waals surface area contributed by atoms with Crippen LogP contribution in [-0.2, 0) is 13.6 Å². The summed E-state index contributed by atoms with van der Waals surface area (Å²) in [6.45, 7) is 5.56. The molecular weight excluding hydrogens is 444 g/mol. The normalized spacial score (nSPS) is 19.3. The van der Waals surface area contributed by atoms with Gasteiger partial charge in [0, 0.05) is 33.1 Å². The van der Waals surface area contributed by atoms with Gasteiger partial charge in [0.15, 0.2) is 12.2 Å². The second kappa shape index (κ2) is 9.09. The second-order valence-corrected chi connectivity index (χ2v) is 9.11. The summed E-state index contributed by atoms with van der Waals surface area (Å²) in [5.41, 5.74) is 7.58. The number of H-pyrrole nitrogens is 1. The van der Waals surface area contributed by atoms with Crippen molar-refractivity contribution in [2.24, 2.45) is 17.8 Å². The topological polar surface area (TPSA) is 117 Å². The zero-order valence-electron chi connectivity index (χ0n) is 20.3. The first-order valence-electron chi connectivity index (χ1n) is 11.9. The Balaban J connectivity index is 1.60. The monoisotopic (exact) mass is 474 g/mol. The highest BCUT2D eigenvalue weighted by molar-refractivity contribution is 5.83. The van der Waals surface area contributed by atoms with Crippen LogP contribution in [0, 0.1) is 18.8 Å². The van der Waals surface area contributed by atoms with Crippen molar-refractivity contribution >= 4 is 28.4 Å². The van der Waals surface area contributed by atoms with Gasteiger partial charge in [-0.05, 0) is 42.8 Å². The van der Waals surface area contributed by atoms with Gasteiger partial charge in [0.25, 0.3) is 0 Å². The van der Waals surface area contributed by atoms with E-state index < -0.39 is 5.69 Å². The average molecular weight is 475 g/mol. The fraction of sp³-hybridized carbons (Fsp3) is 0.400. The smallest absolute Gasteiger partial charge is 0.326 e. The number of guanidine groups is 1. The molecule has 4 heterocycles. The Bertz CT molecular complexity index is 1520. The third kappa shape index (κ3) is 4.03. The van der Waals surface area contributed by atoms with Crippen LogP contribution >= 0.6 is 0 Å². The van der Waals surface area contributed by atoms with Crippen LogP contribution in [0.3, 0.4) is 0 Å². The van der Waals surface area contributed by atoms with Crippen LogP contribution in [-0.4, -0.2) is 50.7 Å². The summed E-state index contributed by atoms with van der Waals surface area (Å²) in [5.74, 6) is 7.63. The number of para-hydroxylation sites is 1. The molecule has 0 saturated carbocycles. The lowest BCUT2D eigenvalue weighted by Crippen LogP contribution is -3.12. The Hall–Kier alpha value is -3.81. The van der Waals surface area contributed by atoms with E-state index in [-0.39, 0.29) is 18.1 Å². The minimum Gasteiger partial charge on any atom is -0.326 e. The number of fused-ring (bicyclic) bond motifs is 2. The van der Waals surface area contributed by atoms with Gasteiger partial charge in [-0.25, -0.2) is 19.2 Å². The van der Waals surface area contributed by atoms with E-state index in [0.717, 1.165) is 40.9 Å². The number of nitrogens with one attached hydrogen (secondary N) is 2. The van der Waals surface area contributed by atoms with Gasteiger partial charge in [0.05, 0.1) is 5.39 Å². The van der Waals surface area contributed by atoms with E-state index in [1.54, 1.807) is 14.0 Å². The van der Waals surface area contributed by atoms with Crippen LogP contribution in [0.15, 0.2) is 38.8 Å². The maximum Gasteiger partial charge on any atom is 0.333 e. The lowest BCUT2D eigenvalue weighted by Gasteiger charge is -2.32. The number of likely N-dealkylation sites (tertiary alicyclic amines) is 1. The SMILES string of the molecule is CC#CC[NH+]1C(N2CCCC(N)C2)=Nc2c1c(=O)n(Cc1nc(C)c3ccccc3[nH+]1)c(=O)n2C. The molecule has 2 aliphatic heterocycles. The van der Waals surface area contributed by atoms with Gasteiger partial charge in [-0.3, -0.25) is 9.36 Å². The molecule has 10 nitrogen and oxygen atoms in total. The van der Waals surface area contributed by atoms with Crippen molar-refractivity contribution in [2.75, 3.05) is 19.6 Å². The first kappa shape index (κ1) is 23.0. The standard InChI is InChI=1S/C25H28N8O2/c1-4-5-13-32-21-22(29-24(32)31-12-8-9-17(26)14-31)30(3)25(35)33(23(21)34)15-20-27-16(2)18-10-6-7-11-19(18)28-20/h6-7,10-11,17H,8-9,12-15,26H2,1-3H3/p+2. The van der Waals surface area contributed by atoms with Crippen molar-refractivity contribution in [3.05, 3.63) is 56.6 Å². The highest BCUT2D eigenvalue weighted by Gasteiger charge is 2.40. The molecule has 4 N–H and O–H groups in total. The molecule has 10 heteroatoms. The molecule has 0 aliphatic carbocycles. The highest BCUT2D eigenvalue weighted by Crippen LogP contribution is 2.22. The molecule has 0 radical (unpaired) electrons. The number of rotatable bonds is 3. The van der Waals surface area contributed by atoms with Crippen LogP contribution in [0.25, 0.3) is 10.9 Å². The summed E-state index contributed by atoms with van der Waals surface area (Å²) in [6.07, 6.45) is 1.91. The van der Waals surface area contributed by atoms with Crippen molar-refractivity contribution < 1.29 is 9.88 Å². The Morgan fingerprint density at radius 1 is 1.29 bits per heavy atom. The van der Waals surface area contributed by atoms with Crippen molar-refractivity contribution in [3.8, 4) is 11.8 Å². The average Bonchev–Trinajstić information content (AvgIpc) is 3.24. The van der Waals surface area contributed by atoms with Gasteiger partial charge in [-0.2, -0.15) is 4.99 Å². The quantitative estimate of drug-likeness (QED) is 0.484. The molecule has 35 heavy (non-hydrogen) atoms. The molecule has 1 saturated heterocycles. The number of aryl methyl sites for hydroxylation is 1. The van der Waals surface area contributed by atoms with Crippen molar-refractivity contribution in [1.29, 1.82) is 0 Å². The van der Waals surface area contributed by atoms with E-state index >= 15 is 0 Å². The second-order valence-electron chi connectivity index (χ2n) is 9.11. The molecule has 2 unspecified atom stereocenters. The predicted molar refractivity (Wildman–Crippen MR) is 133 cm³/mol. The van der Waals surface area contributed by atoms with Crippen molar-refractivity contribution in [3.63, 3.8) is 0 Å². The minimum atomic E-state index is -0.434. The van der Waals surface area contributed by atoms with E-state index in [1.165, 1.54) is 9.13 Å². The predicted octanol–water partition coefficient (Wildman–Crippen LogP) is -0.770. The number of hydrogen-bond acceptors (Lipinski definition) is 6. The Morgan fingerprint density at radius 2 is 2.09 bits per heavy atom. The number of piperidine rings is 1. The number of nitrogens with two attached hydrogens (primary N) is 1. The number of aliphatic imine (C=N–C) groups is 1. The van der Waals surface area contributed by atoms with Crippen LogP contribution < -0.4 is 26.9 Å². The third-order valence-corrected chi connectivity index (χ3v) is 6.71. The van der Waals surface area contributed by atoms with E-state index in [9.17, 15) is 9.59 Å². The molecule has 0 amide bonds. The van der Waals surface area contributed by atoms with Crippen molar-refractivity contribution in [1.82, 2.24) is 19.0 Å². The van der Waals surface area contributed by atoms with Crippen molar-refractivity contribution in [2.45, 2.75) is 39.3 Å². The number of aromatic amines is 1. The van der Waals surface area contributed by atoms with Crippen LogP contribution in [0.5, 0.6) is 0 Å². The van der Waals surface area contributed by atoms with E-state index in [0.29, 0.717) is 36.4 Å². The molecular formula is C25H30N8O2+2. The van der Waals surface area contributed by atoms with Gasteiger partial charge in [-0.1, -0.05) is 12.1 Å². The highest BCUT2D eigenvalue weighted by atomic mass is 16.2. The lowest BCUT2D eigenvalue weighted by molar-refractivity contribution is -0.726.